The van der Waals surface area contributed by atoms with Crippen LogP contribution in [0.3, 0.4) is 0 Å². The zero-order valence-electron chi connectivity index (χ0n) is 15.9. The molecular weight excluding hydrogens is 344 g/mol. The molecule has 7 heteroatoms. The third kappa shape index (κ3) is 5.39. The molecule has 1 aliphatic heterocycles. The van der Waals surface area contributed by atoms with Gasteiger partial charge in [0.1, 0.15) is 5.76 Å². The van der Waals surface area contributed by atoms with E-state index < -0.39 is 0 Å². The van der Waals surface area contributed by atoms with Crippen LogP contribution in [0.15, 0.2) is 50.6 Å². The van der Waals surface area contributed by atoms with Crippen molar-refractivity contribution in [1.29, 1.82) is 0 Å². The van der Waals surface area contributed by atoms with E-state index in [0.717, 1.165) is 57.2 Å². The van der Waals surface area contributed by atoms with Crippen LogP contribution in [-0.4, -0.2) is 60.9 Å². The Morgan fingerprint density at radius 3 is 2.52 bits per heavy atom. The van der Waals surface area contributed by atoms with Crippen molar-refractivity contribution in [2.45, 2.75) is 26.2 Å². The molecule has 0 unspecified atom stereocenters. The third-order valence-corrected chi connectivity index (χ3v) is 4.61. The minimum Gasteiger partial charge on any atom is -0.469 e. The van der Waals surface area contributed by atoms with Gasteiger partial charge < -0.3 is 24.0 Å². The summed E-state index contributed by atoms with van der Waals surface area (Å²) in [6.45, 7) is 6.57. The van der Waals surface area contributed by atoms with Crippen LogP contribution in [0.5, 0.6) is 0 Å². The molecule has 0 radical (unpaired) electrons. The number of guanidine groups is 1. The zero-order chi connectivity index (χ0) is 18.9. The van der Waals surface area contributed by atoms with Crippen molar-refractivity contribution < 1.29 is 13.6 Å². The fourth-order valence-electron chi connectivity index (χ4n) is 3.04. The Balaban J connectivity index is 1.53. The molecule has 2 aromatic rings. The molecule has 27 heavy (non-hydrogen) atoms. The van der Waals surface area contributed by atoms with Gasteiger partial charge in [-0.2, -0.15) is 0 Å². The maximum Gasteiger partial charge on any atom is 0.289 e. The van der Waals surface area contributed by atoms with Gasteiger partial charge in [-0.1, -0.05) is 13.3 Å². The van der Waals surface area contributed by atoms with Gasteiger partial charge >= 0.3 is 0 Å². The Bertz CT molecular complexity index is 702. The average Bonchev–Trinajstić information content (AvgIpc) is 3.41. The normalized spacial score (nSPS) is 15.2. The molecule has 3 heterocycles. The number of hydrogen-bond donors (Lipinski definition) is 1. The summed E-state index contributed by atoms with van der Waals surface area (Å²) < 4.78 is 10.6. The predicted octanol–water partition coefficient (Wildman–Crippen LogP) is 2.62. The lowest BCUT2D eigenvalue weighted by Gasteiger charge is -2.36. The molecule has 7 nitrogen and oxygen atoms in total. The van der Waals surface area contributed by atoms with E-state index in [9.17, 15) is 4.79 Å². The van der Waals surface area contributed by atoms with Crippen molar-refractivity contribution in [2.75, 3.05) is 39.3 Å². The summed E-state index contributed by atoms with van der Waals surface area (Å²) in [4.78, 5) is 21.2. The van der Waals surface area contributed by atoms with Crippen molar-refractivity contribution in [3.63, 3.8) is 0 Å². The lowest BCUT2D eigenvalue weighted by Crippen LogP contribution is -2.54. The Morgan fingerprint density at radius 1 is 1.11 bits per heavy atom. The van der Waals surface area contributed by atoms with Crippen LogP contribution in [0.25, 0.3) is 0 Å². The molecule has 3 rings (SSSR count). The number of nitrogens with zero attached hydrogens (tertiary/aromatic N) is 3. The van der Waals surface area contributed by atoms with Gasteiger partial charge in [-0.25, -0.2) is 0 Å². The van der Waals surface area contributed by atoms with E-state index >= 15 is 0 Å². The monoisotopic (exact) mass is 372 g/mol. The molecule has 146 valence electrons. The second-order valence-corrected chi connectivity index (χ2v) is 6.57. The minimum absolute atomic E-state index is 0.0464. The third-order valence-electron chi connectivity index (χ3n) is 4.61. The molecule has 2 aromatic heterocycles. The highest BCUT2D eigenvalue weighted by molar-refractivity contribution is 5.91. The van der Waals surface area contributed by atoms with Gasteiger partial charge in [0.25, 0.3) is 5.91 Å². The molecule has 1 N–H and O–H groups in total. The number of rotatable bonds is 7. The summed E-state index contributed by atoms with van der Waals surface area (Å²) in [5.41, 5.74) is 0. The van der Waals surface area contributed by atoms with E-state index in [1.54, 1.807) is 18.4 Å². The van der Waals surface area contributed by atoms with Gasteiger partial charge in [0, 0.05) is 45.7 Å². The van der Waals surface area contributed by atoms with Crippen LogP contribution in [0.1, 0.15) is 36.1 Å². The quantitative estimate of drug-likeness (QED) is 0.459. The first-order chi connectivity index (χ1) is 13.3. The summed E-state index contributed by atoms with van der Waals surface area (Å²) in [6, 6.07) is 7.34. The molecule has 0 aliphatic carbocycles. The summed E-state index contributed by atoms with van der Waals surface area (Å²) in [5, 5.41) is 3.45. The first kappa shape index (κ1) is 19.1. The number of amides is 1. The highest BCUT2D eigenvalue weighted by Crippen LogP contribution is 2.10. The molecule has 1 amide bonds. The van der Waals surface area contributed by atoms with Crippen LogP contribution < -0.4 is 5.32 Å². The van der Waals surface area contributed by atoms with E-state index in [2.05, 4.69) is 17.1 Å². The topological polar surface area (TPSA) is 74.2 Å². The highest BCUT2D eigenvalue weighted by atomic mass is 16.3. The maximum absolute atomic E-state index is 12.4. The van der Waals surface area contributed by atoms with E-state index in [-0.39, 0.29) is 5.91 Å². The van der Waals surface area contributed by atoms with E-state index in [0.29, 0.717) is 18.8 Å². The highest BCUT2D eigenvalue weighted by Gasteiger charge is 2.25. The van der Waals surface area contributed by atoms with Crippen LogP contribution in [0.4, 0.5) is 0 Å². The molecular formula is C20H28N4O3. The van der Waals surface area contributed by atoms with E-state index in [4.69, 9.17) is 13.8 Å². The van der Waals surface area contributed by atoms with Crippen molar-refractivity contribution in [3.05, 3.63) is 48.3 Å². The van der Waals surface area contributed by atoms with Crippen LogP contribution in [0.2, 0.25) is 0 Å². The van der Waals surface area contributed by atoms with Gasteiger partial charge in [-0.3, -0.25) is 9.79 Å². The fourth-order valence-corrected chi connectivity index (χ4v) is 3.04. The Morgan fingerprint density at radius 2 is 1.85 bits per heavy atom. The van der Waals surface area contributed by atoms with Gasteiger partial charge in [-0.05, 0) is 30.7 Å². The second kappa shape index (κ2) is 9.85. The summed E-state index contributed by atoms with van der Waals surface area (Å²) >= 11 is 0. The lowest BCUT2D eigenvalue weighted by molar-refractivity contribution is 0.0657. The number of aliphatic imine (C=N–C) groups is 1. The Hall–Kier alpha value is -2.70. The summed E-state index contributed by atoms with van der Waals surface area (Å²) in [5.74, 6) is 2.23. The van der Waals surface area contributed by atoms with Crippen molar-refractivity contribution in [3.8, 4) is 0 Å². The van der Waals surface area contributed by atoms with Crippen LogP contribution in [-0.2, 0) is 6.42 Å². The van der Waals surface area contributed by atoms with Crippen molar-refractivity contribution in [2.24, 2.45) is 4.99 Å². The van der Waals surface area contributed by atoms with Gasteiger partial charge in [0.15, 0.2) is 11.7 Å². The first-order valence-electron chi connectivity index (χ1n) is 9.66. The standard InChI is InChI=1S/C20H28N4O3/c1-2-3-9-21-20(22-10-8-17-6-4-15-26-17)24-13-11-23(12-14-24)19(25)18-7-5-16-27-18/h4-7,15-16H,2-3,8-14H2,1H3,(H,21,22). The van der Waals surface area contributed by atoms with Gasteiger partial charge in [-0.15, -0.1) is 0 Å². The lowest BCUT2D eigenvalue weighted by atomic mass is 10.3. The van der Waals surface area contributed by atoms with Crippen molar-refractivity contribution >= 4 is 11.9 Å². The van der Waals surface area contributed by atoms with Crippen LogP contribution >= 0.6 is 0 Å². The van der Waals surface area contributed by atoms with E-state index in [1.807, 2.05) is 17.0 Å². The number of piperazine rings is 1. The molecule has 0 aromatic carbocycles. The van der Waals surface area contributed by atoms with Gasteiger partial charge in [0.2, 0.25) is 0 Å². The molecule has 0 atom stereocenters. The smallest absolute Gasteiger partial charge is 0.289 e. The fraction of sp³-hybridized carbons (Fsp3) is 0.500. The van der Waals surface area contributed by atoms with Gasteiger partial charge in [0.05, 0.1) is 12.5 Å². The first-order valence-corrected chi connectivity index (χ1v) is 9.66. The maximum atomic E-state index is 12.4. The number of furan rings is 2. The number of hydrogen-bond acceptors (Lipinski definition) is 4. The minimum atomic E-state index is -0.0464. The largest absolute Gasteiger partial charge is 0.469 e. The molecule has 1 saturated heterocycles. The predicted molar refractivity (Wildman–Crippen MR) is 104 cm³/mol. The molecule has 0 saturated carbocycles. The number of carbonyl (C=O) groups excluding carboxylic acids is 1. The number of unbranched alkanes of at least 4 members (excludes halogenated alkanes) is 1. The van der Waals surface area contributed by atoms with E-state index in [1.165, 1.54) is 6.26 Å². The SMILES string of the molecule is CCCCN=C(NCCc1ccco1)N1CCN(C(=O)c2ccco2)CC1. The molecule has 0 spiro atoms. The summed E-state index contributed by atoms with van der Waals surface area (Å²) in [6.07, 6.45) is 6.23. The second-order valence-electron chi connectivity index (χ2n) is 6.57. The zero-order valence-corrected chi connectivity index (χ0v) is 15.9. The average molecular weight is 372 g/mol. The molecule has 0 bridgehead atoms. The number of nitrogens with one attached hydrogen (secondary N) is 1. The van der Waals surface area contributed by atoms with Crippen LogP contribution in [0, 0.1) is 0 Å². The molecule has 1 aliphatic rings. The molecule has 1 fully saturated rings. The summed E-state index contributed by atoms with van der Waals surface area (Å²) in [7, 11) is 0. The number of carbonyl (C=O) groups is 1. The Kier molecular flexibility index (Phi) is 6.96. The van der Waals surface area contributed by atoms with Crippen molar-refractivity contribution in [1.82, 2.24) is 15.1 Å². The Labute approximate surface area is 160 Å².